The second-order valence-corrected chi connectivity index (χ2v) is 5.20. The molecular weight excluding hydrogens is 220 g/mol. The fourth-order valence-corrected chi connectivity index (χ4v) is 2.47. The van der Waals surface area contributed by atoms with E-state index in [1.165, 1.54) is 24.1 Å². The van der Waals surface area contributed by atoms with Crippen molar-refractivity contribution in [3.63, 3.8) is 0 Å². The van der Waals surface area contributed by atoms with Crippen molar-refractivity contribution in [3.8, 4) is 0 Å². The SMILES string of the molecule is CC(C)NC1=C(C(=N)c2ccccc2)CCCC1. The zero-order valence-corrected chi connectivity index (χ0v) is 11.3. The first-order chi connectivity index (χ1) is 8.68. The molecular formula is C16H22N2. The van der Waals surface area contributed by atoms with Crippen LogP contribution in [-0.4, -0.2) is 11.8 Å². The van der Waals surface area contributed by atoms with E-state index >= 15 is 0 Å². The molecule has 1 aliphatic rings. The van der Waals surface area contributed by atoms with Gasteiger partial charge in [-0.05, 0) is 50.7 Å². The minimum atomic E-state index is 0.441. The summed E-state index contributed by atoms with van der Waals surface area (Å²) in [5, 5.41) is 11.9. The smallest absolute Gasteiger partial charge is 0.0661 e. The van der Waals surface area contributed by atoms with Gasteiger partial charge in [0.05, 0.1) is 5.71 Å². The molecule has 0 heterocycles. The minimum absolute atomic E-state index is 0.441. The van der Waals surface area contributed by atoms with E-state index in [4.69, 9.17) is 5.41 Å². The standard InChI is InChI=1S/C16H22N2/c1-12(2)18-15-11-7-6-10-14(15)16(17)13-8-4-3-5-9-13/h3-5,8-9,12,17-18H,6-7,10-11H2,1-2H3. The molecule has 0 bridgehead atoms. The van der Waals surface area contributed by atoms with Gasteiger partial charge in [0.1, 0.15) is 0 Å². The van der Waals surface area contributed by atoms with Crippen LogP contribution >= 0.6 is 0 Å². The van der Waals surface area contributed by atoms with Crippen LogP contribution in [0.5, 0.6) is 0 Å². The van der Waals surface area contributed by atoms with Crippen molar-refractivity contribution in [2.24, 2.45) is 0 Å². The lowest BCUT2D eigenvalue weighted by molar-refractivity contribution is 0.583. The monoisotopic (exact) mass is 242 g/mol. The lowest BCUT2D eigenvalue weighted by atomic mass is 9.89. The average Bonchev–Trinajstić information content (AvgIpc) is 2.39. The summed E-state index contributed by atoms with van der Waals surface area (Å²) >= 11 is 0. The van der Waals surface area contributed by atoms with E-state index < -0.39 is 0 Å². The first-order valence-corrected chi connectivity index (χ1v) is 6.81. The molecule has 0 fully saturated rings. The maximum absolute atomic E-state index is 8.40. The van der Waals surface area contributed by atoms with Gasteiger partial charge in [-0.3, -0.25) is 5.41 Å². The summed E-state index contributed by atoms with van der Waals surface area (Å²) in [4.78, 5) is 0. The quantitative estimate of drug-likeness (QED) is 0.772. The highest BCUT2D eigenvalue weighted by atomic mass is 14.9. The van der Waals surface area contributed by atoms with Crippen molar-refractivity contribution in [2.75, 3.05) is 0 Å². The summed E-state index contributed by atoms with van der Waals surface area (Å²) in [5.41, 5.74) is 4.21. The molecule has 18 heavy (non-hydrogen) atoms. The average molecular weight is 242 g/mol. The summed E-state index contributed by atoms with van der Waals surface area (Å²) in [6.45, 7) is 4.32. The van der Waals surface area contributed by atoms with E-state index in [0.29, 0.717) is 11.8 Å². The van der Waals surface area contributed by atoms with Gasteiger partial charge in [0.25, 0.3) is 0 Å². The third-order valence-corrected chi connectivity index (χ3v) is 3.29. The van der Waals surface area contributed by atoms with E-state index in [0.717, 1.165) is 18.4 Å². The predicted molar refractivity (Wildman–Crippen MR) is 77.0 cm³/mol. The first kappa shape index (κ1) is 12.9. The molecule has 2 rings (SSSR count). The highest BCUT2D eigenvalue weighted by Crippen LogP contribution is 2.26. The number of hydrogen-bond donors (Lipinski definition) is 2. The van der Waals surface area contributed by atoms with Crippen LogP contribution in [0.15, 0.2) is 41.6 Å². The Balaban J connectivity index is 2.28. The molecule has 2 heteroatoms. The zero-order valence-electron chi connectivity index (χ0n) is 11.3. The molecule has 0 saturated carbocycles. The minimum Gasteiger partial charge on any atom is -0.386 e. The Morgan fingerprint density at radius 1 is 1.11 bits per heavy atom. The summed E-state index contributed by atoms with van der Waals surface area (Å²) in [6, 6.07) is 10.5. The molecule has 0 spiro atoms. The van der Waals surface area contributed by atoms with Gasteiger partial charge in [0, 0.05) is 11.7 Å². The van der Waals surface area contributed by atoms with Crippen molar-refractivity contribution >= 4 is 5.71 Å². The van der Waals surface area contributed by atoms with Crippen LogP contribution in [0.1, 0.15) is 45.1 Å². The Morgan fingerprint density at radius 3 is 2.44 bits per heavy atom. The Hall–Kier alpha value is -1.57. The third kappa shape index (κ3) is 3.00. The van der Waals surface area contributed by atoms with E-state index in [-0.39, 0.29) is 0 Å². The number of nitrogens with one attached hydrogen (secondary N) is 2. The Labute approximate surface area is 110 Å². The highest BCUT2D eigenvalue weighted by Gasteiger charge is 2.17. The molecule has 1 aliphatic carbocycles. The highest BCUT2D eigenvalue weighted by molar-refractivity contribution is 6.11. The molecule has 0 aliphatic heterocycles. The lowest BCUT2D eigenvalue weighted by Gasteiger charge is -2.24. The molecule has 0 radical (unpaired) electrons. The lowest BCUT2D eigenvalue weighted by Crippen LogP contribution is -2.27. The predicted octanol–water partition coefficient (Wildman–Crippen LogP) is 3.88. The molecule has 1 aromatic rings. The van der Waals surface area contributed by atoms with Gasteiger partial charge in [-0.15, -0.1) is 0 Å². The zero-order chi connectivity index (χ0) is 13.0. The second kappa shape index (κ2) is 5.85. The largest absolute Gasteiger partial charge is 0.386 e. The van der Waals surface area contributed by atoms with Crippen LogP contribution in [0, 0.1) is 5.41 Å². The van der Waals surface area contributed by atoms with Gasteiger partial charge >= 0.3 is 0 Å². The van der Waals surface area contributed by atoms with Crippen LogP contribution < -0.4 is 5.32 Å². The molecule has 1 aromatic carbocycles. The third-order valence-electron chi connectivity index (χ3n) is 3.29. The Kier molecular flexibility index (Phi) is 4.19. The van der Waals surface area contributed by atoms with Crippen LogP contribution in [0.3, 0.4) is 0 Å². The van der Waals surface area contributed by atoms with E-state index in [2.05, 4.69) is 19.2 Å². The summed E-state index contributed by atoms with van der Waals surface area (Å²) in [5.74, 6) is 0. The van der Waals surface area contributed by atoms with Crippen molar-refractivity contribution in [1.82, 2.24) is 5.32 Å². The van der Waals surface area contributed by atoms with Gasteiger partial charge in [-0.25, -0.2) is 0 Å². The fraction of sp³-hybridized carbons (Fsp3) is 0.438. The van der Waals surface area contributed by atoms with Crippen LogP contribution in [0.2, 0.25) is 0 Å². The van der Waals surface area contributed by atoms with E-state index in [1.807, 2.05) is 30.3 Å². The van der Waals surface area contributed by atoms with Crippen molar-refractivity contribution < 1.29 is 0 Å². The van der Waals surface area contributed by atoms with Crippen LogP contribution in [-0.2, 0) is 0 Å². The Bertz CT molecular complexity index is 443. The first-order valence-electron chi connectivity index (χ1n) is 6.81. The Morgan fingerprint density at radius 2 is 1.78 bits per heavy atom. The molecule has 0 saturated heterocycles. The van der Waals surface area contributed by atoms with Crippen molar-refractivity contribution in [2.45, 2.75) is 45.6 Å². The molecule has 0 unspecified atom stereocenters. The number of hydrogen-bond acceptors (Lipinski definition) is 2. The number of allylic oxidation sites excluding steroid dienone is 2. The summed E-state index contributed by atoms with van der Waals surface area (Å²) < 4.78 is 0. The fourth-order valence-electron chi connectivity index (χ4n) is 2.47. The maximum Gasteiger partial charge on any atom is 0.0661 e. The molecule has 96 valence electrons. The maximum atomic E-state index is 8.40. The van der Waals surface area contributed by atoms with Crippen molar-refractivity contribution in [1.29, 1.82) is 5.41 Å². The van der Waals surface area contributed by atoms with Gasteiger partial charge in [-0.2, -0.15) is 0 Å². The van der Waals surface area contributed by atoms with E-state index in [9.17, 15) is 0 Å². The second-order valence-electron chi connectivity index (χ2n) is 5.20. The molecule has 0 aromatic heterocycles. The molecule has 0 amide bonds. The van der Waals surface area contributed by atoms with Gasteiger partial charge in [0.15, 0.2) is 0 Å². The van der Waals surface area contributed by atoms with Gasteiger partial charge < -0.3 is 5.32 Å². The normalized spacial score (nSPS) is 15.9. The van der Waals surface area contributed by atoms with Crippen LogP contribution in [0.25, 0.3) is 0 Å². The van der Waals surface area contributed by atoms with E-state index in [1.54, 1.807) is 0 Å². The number of rotatable bonds is 4. The number of benzene rings is 1. The van der Waals surface area contributed by atoms with Crippen LogP contribution in [0.4, 0.5) is 0 Å². The van der Waals surface area contributed by atoms with Crippen molar-refractivity contribution in [3.05, 3.63) is 47.2 Å². The summed E-state index contributed by atoms with van der Waals surface area (Å²) in [6.07, 6.45) is 4.56. The van der Waals surface area contributed by atoms with Gasteiger partial charge in [0.2, 0.25) is 0 Å². The molecule has 2 nitrogen and oxygen atoms in total. The topological polar surface area (TPSA) is 35.9 Å². The van der Waals surface area contributed by atoms with Gasteiger partial charge in [-0.1, -0.05) is 30.3 Å². The summed E-state index contributed by atoms with van der Waals surface area (Å²) in [7, 11) is 0. The molecule has 2 N–H and O–H groups in total. The molecule has 0 atom stereocenters.